The quantitative estimate of drug-likeness (QED) is 0.247. The average molecular weight is 588 g/mol. The second kappa shape index (κ2) is 9.51. The lowest BCUT2D eigenvalue weighted by Crippen LogP contribution is -2.18. The summed E-state index contributed by atoms with van der Waals surface area (Å²) in [4.78, 5) is 2.25. The van der Waals surface area contributed by atoms with Crippen LogP contribution in [0.2, 0.25) is 0 Å². The summed E-state index contributed by atoms with van der Waals surface area (Å²) in [6, 6.07) is 17.2. The molecular formula is C20H16Br2N2O5S2. The molecule has 0 amide bonds. The average Bonchev–Trinajstić information content (AvgIpc) is 2.72. The molecule has 0 saturated heterocycles. The van der Waals surface area contributed by atoms with Crippen molar-refractivity contribution in [1.29, 1.82) is 0 Å². The van der Waals surface area contributed by atoms with E-state index in [1.54, 1.807) is 42.5 Å². The van der Waals surface area contributed by atoms with Crippen molar-refractivity contribution in [1.82, 2.24) is 4.83 Å². The van der Waals surface area contributed by atoms with Gasteiger partial charge in [0.2, 0.25) is 0 Å². The van der Waals surface area contributed by atoms with Crippen LogP contribution in [0.3, 0.4) is 0 Å². The predicted octanol–water partition coefficient (Wildman–Crippen LogP) is 4.60. The summed E-state index contributed by atoms with van der Waals surface area (Å²) in [7, 11) is -7.83. The lowest BCUT2D eigenvalue weighted by Gasteiger charge is -2.11. The summed E-state index contributed by atoms with van der Waals surface area (Å²) in [6.45, 7) is 1.86. The SMILES string of the molecule is Cc1ccc(S(=O)(=O)N/N=C\c2cc(Br)c(OS(=O)(=O)c3ccccc3)c(Br)c2)cc1. The molecule has 0 aliphatic rings. The van der Waals surface area contributed by atoms with Gasteiger partial charge in [0.1, 0.15) is 4.90 Å². The zero-order valence-electron chi connectivity index (χ0n) is 16.0. The molecule has 31 heavy (non-hydrogen) atoms. The number of hydrazone groups is 1. The molecule has 3 aromatic rings. The summed E-state index contributed by atoms with van der Waals surface area (Å²) in [5.74, 6) is 0.0567. The molecule has 0 saturated carbocycles. The van der Waals surface area contributed by atoms with Crippen LogP contribution in [-0.2, 0) is 20.1 Å². The molecule has 0 aliphatic heterocycles. The fraction of sp³-hybridized carbons (Fsp3) is 0.0500. The molecule has 0 heterocycles. The number of aryl methyl sites for hydroxylation is 1. The van der Waals surface area contributed by atoms with Crippen LogP contribution < -0.4 is 9.01 Å². The molecule has 0 aliphatic carbocycles. The van der Waals surface area contributed by atoms with Crippen molar-refractivity contribution >= 4 is 58.2 Å². The number of hydrogen-bond donors (Lipinski definition) is 1. The van der Waals surface area contributed by atoms with Crippen molar-refractivity contribution in [2.75, 3.05) is 0 Å². The predicted molar refractivity (Wildman–Crippen MR) is 125 cm³/mol. The van der Waals surface area contributed by atoms with Gasteiger partial charge in [0, 0.05) is 0 Å². The van der Waals surface area contributed by atoms with Gasteiger partial charge in [-0.25, -0.2) is 4.83 Å². The maximum absolute atomic E-state index is 12.5. The Morgan fingerprint density at radius 3 is 2.03 bits per heavy atom. The number of benzene rings is 3. The fourth-order valence-corrected chi connectivity index (χ4v) is 5.79. The molecule has 7 nitrogen and oxygen atoms in total. The van der Waals surface area contributed by atoms with Gasteiger partial charge in [-0.2, -0.15) is 21.9 Å². The molecule has 11 heteroatoms. The minimum absolute atomic E-state index is 0.0185. The molecule has 0 bridgehead atoms. The van der Waals surface area contributed by atoms with E-state index in [1.807, 2.05) is 6.92 Å². The number of nitrogens with zero attached hydrogens (tertiary/aromatic N) is 1. The highest BCUT2D eigenvalue weighted by Gasteiger charge is 2.20. The van der Waals surface area contributed by atoms with Crippen LogP contribution in [0.25, 0.3) is 0 Å². The lowest BCUT2D eigenvalue weighted by molar-refractivity contribution is 0.483. The highest BCUT2D eigenvalue weighted by atomic mass is 79.9. The molecule has 0 aromatic heterocycles. The Labute approximate surface area is 197 Å². The zero-order valence-corrected chi connectivity index (χ0v) is 20.8. The Hall–Kier alpha value is -2.21. The van der Waals surface area contributed by atoms with Gasteiger partial charge in [-0.3, -0.25) is 0 Å². The summed E-state index contributed by atoms with van der Waals surface area (Å²) in [5.41, 5.74) is 1.43. The first kappa shape index (κ1) is 23.5. The Morgan fingerprint density at radius 1 is 0.871 bits per heavy atom. The number of rotatable bonds is 7. The number of sulfonamides is 1. The topological polar surface area (TPSA) is 102 Å². The van der Waals surface area contributed by atoms with Crippen LogP contribution in [0, 0.1) is 6.92 Å². The first-order valence-corrected chi connectivity index (χ1v) is 13.2. The van der Waals surface area contributed by atoms with Gasteiger partial charge < -0.3 is 4.18 Å². The molecule has 3 rings (SSSR count). The maximum atomic E-state index is 12.5. The van der Waals surface area contributed by atoms with Crippen LogP contribution in [-0.4, -0.2) is 23.1 Å². The standard InChI is InChI=1S/C20H16Br2N2O5S2/c1-14-7-9-16(10-8-14)30(25,26)24-23-13-15-11-18(21)20(19(22)12-15)29-31(27,28)17-5-3-2-4-6-17/h2-13,24H,1H3/b23-13-. The Kier molecular flexibility index (Phi) is 7.20. The van der Waals surface area contributed by atoms with E-state index in [2.05, 4.69) is 41.8 Å². The van der Waals surface area contributed by atoms with E-state index in [-0.39, 0.29) is 15.5 Å². The summed E-state index contributed by atoms with van der Waals surface area (Å²) in [5, 5.41) is 3.78. The van der Waals surface area contributed by atoms with E-state index in [0.717, 1.165) is 5.56 Å². The molecule has 1 N–H and O–H groups in total. The van der Waals surface area contributed by atoms with Gasteiger partial charge in [0.15, 0.2) is 5.75 Å². The van der Waals surface area contributed by atoms with E-state index in [4.69, 9.17) is 4.18 Å². The molecule has 0 fully saturated rings. The lowest BCUT2D eigenvalue weighted by atomic mass is 10.2. The molecule has 0 atom stereocenters. The van der Waals surface area contributed by atoms with Crippen LogP contribution >= 0.6 is 31.9 Å². The van der Waals surface area contributed by atoms with Gasteiger partial charge in [0.05, 0.1) is 20.1 Å². The Bertz CT molecular complexity index is 1300. The first-order chi connectivity index (χ1) is 14.6. The zero-order chi connectivity index (χ0) is 22.6. The highest BCUT2D eigenvalue weighted by Crippen LogP contribution is 2.36. The van der Waals surface area contributed by atoms with Crippen LogP contribution in [0.15, 0.2) is 90.6 Å². The number of hydrogen-bond acceptors (Lipinski definition) is 6. The van der Waals surface area contributed by atoms with Crippen LogP contribution in [0.4, 0.5) is 0 Å². The van der Waals surface area contributed by atoms with E-state index in [9.17, 15) is 16.8 Å². The summed E-state index contributed by atoms with van der Waals surface area (Å²) in [6.07, 6.45) is 1.29. The van der Waals surface area contributed by atoms with Crippen molar-refractivity contribution in [3.05, 3.63) is 86.8 Å². The van der Waals surface area contributed by atoms with Crippen molar-refractivity contribution in [2.45, 2.75) is 16.7 Å². The Balaban J connectivity index is 1.78. The summed E-state index contributed by atoms with van der Waals surface area (Å²) < 4.78 is 55.4. The highest BCUT2D eigenvalue weighted by molar-refractivity contribution is 9.11. The third-order valence-electron chi connectivity index (χ3n) is 3.96. The van der Waals surface area contributed by atoms with Gasteiger partial charge in [-0.15, -0.1) is 0 Å². The first-order valence-electron chi connectivity index (χ1n) is 8.69. The van der Waals surface area contributed by atoms with Crippen LogP contribution in [0.1, 0.15) is 11.1 Å². The van der Waals surface area contributed by atoms with Crippen molar-refractivity contribution in [2.24, 2.45) is 5.10 Å². The summed E-state index contributed by atoms with van der Waals surface area (Å²) >= 11 is 6.56. The Morgan fingerprint density at radius 2 is 1.45 bits per heavy atom. The number of halogens is 2. The van der Waals surface area contributed by atoms with Crippen molar-refractivity contribution in [3.8, 4) is 5.75 Å². The third kappa shape index (κ3) is 5.94. The molecule has 0 unspecified atom stereocenters. The fourth-order valence-electron chi connectivity index (χ4n) is 2.42. The van der Waals surface area contributed by atoms with E-state index in [0.29, 0.717) is 14.5 Å². The monoisotopic (exact) mass is 586 g/mol. The van der Waals surface area contributed by atoms with E-state index >= 15 is 0 Å². The van der Waals surface area contributed by atoms with Crippen molar-refractivity contribution in [3.63, 3.8) is 0 Å². The van der Waals surface area contributed by atoms with Crippen LogP contribution in [0.5, 0.6) is 5.75 Å². The molecule has 3 aromatic carbocycles. The van der Waals surface area contributed by atoms with Gasteiger partial charge in [-0.05, 0) is 80.7 Å². The normalized spacial score (nSPS) is 12.1. The van der Waals surface area contributed by atoms with Gasteiger partial charge in [-0.1, -0.05) is 35.9 Å². The van der Waals surface area contributed by atoms with Gasteiger partial charge in [0.25, 0.3) is 10.0 Å². The third-order valence-corrected chi connectivity index (χ3v) is 7.62. The largest absolute Gasteiger partial charge is 0.377 e. The minimum Gasteiger partial charge on any atom is -0.377 e. The molecular weight excluding hydrogens is 572 g/mol. The molecule has 0 radical (unpaired) electrons. The minimum atomic E-state index is -4.03. The van der Waals surface area contributed by atoms with E-state index < -0.39 is 20.1 Å². The second-order valence-corrected chi connectivity index (χ2v) is 11.2. The molecule has 0 spiro atoms. The maximum Gasteiger partial charge on any atom is 0.339 e. The second-order valence-electron chi connectivity index (χ2n) is 6.33. The molecule has 162 valence electrons. The smallest absolute Gasteiger partial charge is 0.339 e. The van der Waals surface area contributed by atoms with Crippen molar-refractivity contribution < 1.29 is 21.0 Å². The number of nitrogens with one attached hydrogen (secondary N) is 1. The van der Waals surface area contributed by atoms with E-state index in [1.165, 1.54) is 30.5 Å². The van der Waals surface area contributed by atoms with Gasteiger partial charge >= 0.3 is 10.1 Å².